The van der Waals surface area contributed by atoms with E-state index in [0.29, 0.717) is 30.3 Å². The van der Waals surface area contributed by atoms with Crippen LogP contribution >= 0.6 is 11.3 Å². The minimum Gasteiger partial charge on any atom is -0.325 e. The Bertz CT molecular complexity index is 1720. The number of nitrogens with one attached hydrogen (secondary N) is 2. The van der Waals surface area contributed by atoms with E-state index in [4.69, 9.17) is 0 Å². The van der Waals surface area contributed by atoms with Crippen LogP contribution in [0.3, 0.4) is 0 Å². The van der Waals surface area contributed by atoms with E-state index in [1.807, 2.05) is 22.2 Å². The fourth-order valence-electron chi connectivity index (χ4n) is 4.78. The van der Waals surface area contributed by atoms with Gasteiger partial charge < -0.3 is 10.2 Å². The van der Waals surface area contributed by atoms with Gasteiger partial charge >= 0.3 is 16.2 Å². The van der Waals surface area contributed by atoms with E-state index in [1.165, 1.54) is 11.9 Å². The van der Waals surface area contributed by atoms with Crippen LogP contribution in [0.4, 0.5) is 25.1 Å². The highest BCUT2D eigenvalue weighted by atomic mass is 32.2. The van der Waals surface area contributed by atoms with Gasteiger partial charge in [0.2, 0.25) is 5.91 Å². The topological polar surface area (TPSA) is 112 Å². The first-order chi connectivity index (χ1) is 19.5. The van der Waals surface area contributed by atoms with Crippen LogP contribution in [0.5, 0.6) is 0 Å². The molecule has 1 aliphatic heterocycles. The molecule has 0 fully saturated rings. The van der Waals surface area contributed by atoms with Crippen LogP contribution in [0, 0.1) is 18.6 Å². The molecule has 0 aliphatic carbocycles. The Hall–Kier alpha value is -4.10. The number of fused-ring (bicyclic) bond motifs is 2. The average Bonchev–Trinajstić information content (AvgIpc) is 3.38. The van der Waals surface area contributed by atoms with Gasteiger partial charge in [-0.05, 0) is 84.1 Å². The van der Waals surface area contributed by atoms with Gasteiger partial charge in [0.1, 0.15) is 23.5 Å². The predicted octanol–water partition coefficient (Wildman–Crippen LogP) is 4.45. The van der Waals surface area contributed by atoms with E-state index >= 15 is 0 Å². The van der Waals surface area contributed by atoms with Crippen LogP contribution in [-0.2, 0) is 27.8 Å². The van der Waals surface area contributed by atoms with Crippen molar-refractivity contribution in [3.8, 4) is 0 Å². The molecule has 9 nitrogen and oxygen atoms in total. The van der Waals surface area contributed by atoms with Crippen molar-refractivity contribution in [1.29, 1.82) is 0 Å². The van der Waals surface area contributed by atoms with Crippen molar-refractivity contribution in [2.75, 3.05) is 22.8 Å². The largest absolute Gasteiger partial charge is 0.330 e. The summed E-state index contributed by atoms with van der Waals surface area (Å²) >= 11 is 1.54. The van der Waals surface area contributed by atoms with Crippen LogP contribution < -0.4 is 19.2 Å². The van der Waals surface area contributed by atoms with Crippen LogP contribution in [-0.4, -0.2) is 45.0 Å². The lowest BCUT2D eigenvalue weighted by atomic mass is 10.0. The van der Waals surface area contributed by atoms with E-state index in [1.54, 1.807) is 42.5 Å². The maximum Gasteiger partial charge on any atom is 0.330 e. The van der Waals surface area contributed by atoms with E-state index in [-0.39, 0.29) is 24.3 Å². The van der Waals surface area contributed by atoms with Gasteiger partial charge in [0.05, 0.1) is 0 Å². The molecular weight excluding hydrogens is 572 g/mol. The van der Waals surface area contributed by atoms with Gasteiger partial charge in [0, 0.05) is 42.2 Å². The fraction of sp³-hybridized carbons (Fsp3) is 0.250. The zero-order chi connectivity index (χ0) is 29.3. The summed E-state index contributed by atoms with van der Waals surface area (Å²) in [7, 11) is -2.89. The molecule has 3 amide bonds. The molecule has 2 aromatic heterocycles. The third-order valence-corrected chi connectivity index (χ3v) is 9.05. The molecule has 0 spiro atoms. The molecule has 1 atom stereocenters. The summed E-state index contributed by atoms with van der Waals surface area (Å²) in [6.07, 6.45) is 0.885. The lowest BCUT2D eigenvalue weighted by Gasteiger charge is -2.30. The first-order valence-electron chi connectivity index (χ1n) is 12.8. The minimum atomic E-state index is -4.40. The Morgan fingerprint density at radius 2 is 1.85 bits per heavy atom. The number of pyridine rings is 1. The molecule has 0 radical (unpaired) electrons. The number of aromatic nitrogens is 1. The van der Waals surface area contributed by atoms with Gasteiger partial charge in [-0.15, -0.1) is 11.3 Å². The number of nitrogens with zero attached hydrogens (tertiary/aromatic N) is 3. The van der Waals surface area contributed by atoms with Crippen LogP contribution in [0.15, 0.2) is 60.0 Å². The normalized spacial score (nSPS) is 13.9. The number of halogens is 2. The number of hydrogen-bond donors (Lipinski definition) is 2. The fourth-order valence-corrected chi connectivity index (χ4v) is 6.71. The lowest BCUT2D eigenvalue weighted by Crippen LogP contribution is -2.55. The van der Waals surface area contributed by atoms with E-state index in [2.05, 4.69) is 10.3 Å². The van der Waals surface area contributed by atoms with Crippen molar-refractivity contribution < 1.29 is 26.8 Å². The summed E-state index contributed by atoms with van der Waals surface area (Å²) < 4.78 is 58.4. The summed E-state index contributed by atoms with van der Waals surface area (Å²) in [4.78, 5) is 32.3. The molecule has 13 heteroatoms. The molecule has 2 aromatic carbocycles. The highest BCUT2D eigenvalue weighted by Crippen LogP contribution is 2.28. The second-order valence-electron chi connectivity index (χ2n) is 9.77. The molecule has 3 heterocycles. The highest BCUT2D eigenvalue weighted by molar-refractivity contribution is 7.91. The van der Waals surface area contributed by atoms with Gasteiger partial charge in [0.15, 0.2) is 0 Å². The van der Waals surface area contributed by atoms with Crippen LogP contribution in [0.2, 0.25) is 0 Å². The summed E-state index contributed by atoms with van der Waals surface area (Å²) in [5.74, 6) is -2.07. The number of benzene rings is 2. The lowest BCUT2D eigenvalue weighted by molar-refractivity contribution is -0.120. The first kappa shape index (κ1) is 28.4. The Kier molecular flexibility index (Phi) is 7.91. The first-order valence-corrected chi connectivity index (χ1v) is 15.1. The number of anilines is 2. The number of hydrogen-bond acceptors (Lipinski definition) is 6. The van der Waals surface area contributed by atoms with Crippen molar-refractivity contribution in [2.45, 2.75) is 32.2 Å². The second-order valence-corrected chi connectivity index (χ2v) is 12.3. The summed E-state index contributed by atoms with van der Waals surface area (Å²) in [6.45, 7) is 1.85. The molecule has 214 valence electrons. The van der Waals surface area contributed by atoms with Crippen molar-refractivity contribution >= 4 is 55.1 Å². The molecule has 0 saturated carbocycles. The molecule has 1 aliphatic rings. The van der Waals surface area contributed by atoms with Gasteiger partial charge in [-0.3, -0.25) is 4.79 Å². The number of carbonyl (C=O) groups is 2. The van der Waals surface area contributed by atoms with Crippen molar-refractivity contribution in [2.24, 2.45) is 0 Å². The zero-order valence-electron chi connectivity index (χ0n) is 22.2. The number of amides is 3. The van der Waals surface area contributed by atoms with Crippen LogP contribution in [0.25, 0.3) is 10.1 Å². The molecule has 2 N–H and O–H groups in total. The molecule has 0 unspecified atom stereocenters. The van der Waals surface area contributed by atoms with Crippen molar-refractivity contribution in [3.05, 3.63) is 88.4 Å². The third kappa shape index (κ3) is 6.30. The number of rotatable bonds is 7. The number of thiophene rings is 1. The zero-order valence-corrected chi connectivity index (χ0v) is 23.9. The Morgan fingerprint density at radius 1 is 1.10 bits per heavy atom. The third-order valence-electron chi connectivity index (χ3n) is 6.77. The number of urea groups is 1. The molecule has 41 heavy (non-hydrogen) atoms. The summed E-state index contributed by atoms with van der Waals surface area (Å²) in [6, 6.07) is 11.2. The monoisotopic (exact) mass is 599 g/mol. The Balaban J connectivity index is 1.39. The standard InChI is InChI=1S/C28H27F2N5O4S2/c1-17-5-6-19-4-3-10-35(26(19)31-17)41(38,39)33-28(37)32-24(14-18-12-21(29)16-22(30)13-18)27(36)34(2)23-7-8-25-20(15-23)9-11-40-25/h5-9,11-13,15-16,24H,3-4,10,14H2,1-2H3,(H2,32,33,37)/t24-/m0/s1. The van der Waals surface area contributed by atoms with Gasteiger partial charge in [-0.25, -0.2) is 27.6 Å². The van der Waals surface area contributed by atoms with E-state index in [9.17, 15) is 26.8 Å². The number of likely N-dealkylation sites (N-methyl/N-ethyl adjacent to an activating group) is 1. The highest BCUT2D eigenvalue weighted by Gasteiger charge is 2.32. The Labute approximate surface area is 240 Å². The van der Waals surface area contributed by atoms with E-state index < -0.39 is 39.8 Å². The molecule has 4 aromatic rings. The van der Waals surface area contributed by atoms with Gasteiger partial charge in [0.25, 0.3) is 0 Å². The number of carbonyl (C=O) groups excluding carboxylic acids is 2. The molecule has 0 saturated heterocycles. The predicted molar refractivity (Wildman–Crippen MR) is 154 cm³/mol. The quantitative estimate of drug-likeness (QED) is 0.326. The maximum atomic E-state index is 13.9. The van der Waals surface area contributed by atoms with Crippen molar-refractivity contribution in [3.63, 3.8) is 0 Å². The maximum absolute atomic E-state index is 13.9. The molecule has 5 rings (SSSR count). The van der Waals surface area contributed by atoms with Crippen LogP contribution in [0.1, 0.15) is 23.2 Å². The van der Waals surface area contributed by atoms with Crippen molar-refractivity contribution in [1.82, 2.24) is 15.0 Å². The smallest absolute Gasteiger partial charge is 0.325 e. The molecule has 0 bridgehead atoms. The SMILES string of the molecule is Cc1ccc2c(n1)N(S(=O)(=O)NC(=O)N[C@@H](Cc1cc(F)cc(F)c1)C(=O)N(C)c1ccc3sccc3c1)CCC2. The summed E-state index contributed by atoms with van der Waals surface area (Å²) in [5.41, 5.74) is 1.98. The van der Waals surface area contributed by atoms with E-state index in [0.717, 1.165) is 32.1 Å². The Morgan fingerprint density at radius 3 is 2.61 bits per heavy atom. The summed E-state index contributed by atoms with van der Waals surface area (Å²) in [5, 5.41) is 5.24. The second kappa shape index (κ2) is 11.4. The average molecular weight is 600 g/mol. The number of aryl methyl sites for hydroxylation is 2. The molecular formula is C28H27F2N5O4S2. The van der Waals surface area contributed by atoms with Gasteiger partial charge in [-0.1, -0.05) is 6.07 Å². The van der Waals surface area contributed by atoms with Gasteiger partial charge in [-0.2, -0.15) is 8.42 Å². The minimum absolute atomic E-state index is 0.107.